The summed E-state index contributed by atoms with van der Waals surface area (Å²) in [5, 5.41) is 0. The first-order chi connectivity index (χ1) is 9.61. The zero-order valence-electron chi connectivity index (χ0n) is 12.8. The van der Waals surface area contributed by atoms with Crippen LogP contribution < -0.4 is 5.73 Å². The van der Waals surface area contributed by atoms with Crippen molar-refractivity contribution in [2.45, 2.75) is 65.2 Å². The molecule has 1 aliphatic carbocycles. The van der Waals surface area contributed by atoms with Crippen molar-refractivity contribution in [1.82, 2.24) is 0 Å². The molecule has 2 nitrogen and oxygen atoms in total. The van der Waals surface area contributed by atoms with E-state index in [1.807, 2.05) is 0 Å². The van der Waals surface area contributed by atoms with Crippen molar-refractivity contribution < 1.29 is 4.74 Å². The molecule has 1 unspecified atom stereocenters. The fourth-order valence-electron chi connectivity index (χ4n) is 4.27. The molecule has 1 saturated carbocycles. The Morgan fingerprint density at radius 1 is 1.15 bits per heavy atom. The lowest BCUT2D eigenvalue weighted by Crippen LogP contribution is -2.33. The average molecular weight is 273 g/mol. The molecule has 1 fully saturated rings. The second-order valence-corrected chi connectivity index (χ2v) is 7.17. The van der Waals surface area contributed by atoms with Crippen molar-refractivity contribution in [1.29, 1.82) is 0 Å². The molecule has 1 aromatic rings. The van der Waals surface area contributed by atoms with Gasteiger partial charge in [-0.05, 0) is 47.3 Å². The van der Waals surface area contributed by atoms with Crippen molar-refractivity contribution in [3.8, 4) is 0 Å². The van der Waals surface area contributed by atoms with Gasteiger partial charge >= 0.3 is 0 Å². The summed E-state index contributed by atoms with van der Waals surface area (Å²) in [5.41, 5.74) is 11.1. The highest BCUT2D eigenvalue weighted by Crippen LogP contribution is 2.50. The van der Waals surface area contributed by atoms with Gasteiger partial charge in [0.1, 0.15) is 0 Å². The van der Waals surface area contributed by atoms with Gasteiger partial charge in [-0.15, -0.1) is 0 Å². The summed E-state index contributed by atoms with van der Waals surface area (Å²) in [4.78, 5) is 0. The summed E-state index contributed by atoms with van der Waals surface area (Å²) >= 11 is 0. The molecule has 0 radical (unpaired) electrons. The SMILES string of the molecule is CC(C)CC1(C(N)c2ccc3c(c2)COC3)CCCC1. The lowest BCUT2D eigenvalue weighted by Gasteiger charge is -2.37. The lowest BCUT2D eigenvalue weighted by atomic mass is 9.70. The minimum atomic E-state index is 0.179. The van der Waals surface area contributed by atoms with Crippen LogP contribution in [0.3, 0.4) is 0 Å². The molecule has 20 heavy (non-hydrogen) atoms. The van der Waals surface area contributed by atoms with Crippen LogP contribution >= 0.6 is 0 Å². The third-order valence-corrected chi connectivity index (χ3v) is 5.18. The number of ether oxygens (including phenoxy) is 1. The minimum Gasteiger partial charge on any atom is -0.372 e. The zero-order valence-corrected chi connectivity index (χ0v) is 12.8. The van der Waals surface area contributed by atoms with Gasteiger partial charge < -0.3 is 10.5 Å². The van der Waals surface area contributed by atoms with Crippen molar-refractivity contribution in [2.24, 2.45) is 17.1 Å². The molecule has 0 amide bonds. The number of hydrogen-bond donors (Lipinski definition) is 1. The van der Waals surface area contributed by atoms with Crippen LogP contribution in [-0.2, 0) is 18.0 Å². The summed E-state index contributed by atoms with van der Waals surface area (Å²) < 4.78 is 5.52. The molecule has 2 heteroatoms. The van der Waals surface area contributed by atoms with Crippen molar-refractivity contribution in [2.75, 3.05) is 0 Å². The van der Waals surface area contributed by atoms with E-state index in [2.05, 4.69) is 32.0 Å². The fraction of sp³-hybridized carbons (Fsp3) is 0.667. The van der Waals surface area contributed by atoms with Crippen molar-refractivity contribution in [3.05, 3.63) is 34.9 Å². The molecule has 2 N–H and O–H groups in total. The topological polar surface area (TPSA) is 35.2 Å². The van der Waals surface area contributed by atoms with Crippen molar-refractivity contribution in [3.63, 3.8) is 0 Å². The maximum atomic E-state index is 6.74. The normalized spacial score (nSPS) is 22.2. The smallest absolute Gasteiger partial charge is 0.0725 e. The highest BCUT2D eigenvalue weighted by Gasteiger charge is 2.40. The second kappa shape index (κ2) is 5.50. The first-order valence-corrected chi connectivity index (χ1v) is 8.06. The van der Waals surface area contributed by atoms with Gasteiger partial charge in [0.05, 0.1) is 13.2 Å². The zero-order chi connectivity index (χ0) is 14.2. The van der Waals surface area contributed by atoms with Crippen LogP contribution in [0.1, 0.15) is 68.7 Å². The summed E-state index contributed by atoms with van der Waals surface area (Å²) in [6.07, 6.45) is 6.52. The third-order valence-electron chi connectivity index (χ3n) is 5.18. The third kappa shape index (κ3) is 2.51. The molecule has 110 valence electrons. The molecular weight excluding hydrogens is 246 g/mol. The van der Waals surface area contributed by atoms with Crippen molar-refractivity contribution >= 4 is 0 Å². The Bertz CT molecular complexity index is 474. The van der Waals surface area contributed by atoms with E-state index < -0.39 is 0 Å². The molecule has 0 saturated heterocycles. The number of hydrogen-bond acceptors (Lipinski definition) is 2. The quantitative estimate of drug-likeness (QED) is 0.886. The van der Waals surface area contributed by atoms with Crippen LogP contribution in [0.5, 0.6) is 0 Å². The number of benzene rings is 1. The Morgan fingerprint density at radius 3 is 2.55 bits per heavy atom. The Hall–Kier alpha value is -0.860. The Balaban J connectivity index is 1.87. The number of rotatable bonds is 4. The number of fused-ring (bicyclic) bond motifs is 1. The molecule has 0 spiro atoms. The van der Waals surface area contributed by atoms with Crippen LogP contribution in [0.25, 0.3) is 0 Å². The van der Waals surface area contributed by atoms with Gasteiger partial charge in [-0.3, -0.25) is 0 Å². The first-order valence-electron chi connectivity index (χ1n) is 8.06. The van der Waals surface area contributed by atoms with Crippen LogP contribution in [0.15, 0.2) is 18.2 Å². The predicted octanol–water partition coefficient (Wildman–Crippen LogP) is 4.32. The summed E-state index contributed by atoms with van der Waals surface area (Å²) in [5.74, 6) is 0.719. The molecule has 3 rings (SSSR count). The molecule has 1 aliphatic heterocycles. The molecule has 0 aromatic heterocycles. The van der Waals surface area contributed by atoms with Crippen LogP contribution in [-0.4, -0.2) is 0 Å². The van der Waals surface area contributed by atoms with E-state index in [1.165, 1.54) is 48.8 Å². The Kier molecular flexibility index (Phi) is 3.87. The maximum Gasteiger partial charge on any atom is 0.0725 e. The van der Waals surface area contributed by atoms with Gasteiger partial charge in [0.15, 0.2) is 0 Å². The predicted molar refractivity (Wildman–Crippen MR) is 82.2 cm³/mol. The first kappa shape index (κ1) is 14.1. The van der Waals surface area contributed by atoms with E-state index in [-0.39, 0.29) is 6.04 Å². The molecule has 1 heterocycles. The average Bonchev–Trinajstić information content (AvgIpc) is 3.05. The van der Waals surface area contributed by atoms with Gasteiger partial charge in [0.2, 0.25) is 0 Å². The van der Waals surface area contributed by atoms with E-state index in [4.69, 9.17) is 10.5 Å². The van der Waals surface area contributed by atoms with E-state index >= 15 is 0 Å². The van der Waals surface area contributed by atoms with Crippen LogP contribution in [0.2, 0.25) is 0 Å². The maximum absolute atomic E-state index is 6.74. The largest absolute Gasteiger partial charge is 0.372 e. The van der Waals surface area contributed by atoms with Gasteiger partial charge in [-0.25, -0.2) is 0 Å². The summed E-state index contributed by atoms with van der Waals surface area (Å²) in [6.45, 7) is 6.17. The minimum absolute atomic E-state index is 0.179. The Labute approximate surface area is 122 Å². The Morgan fingerprint density at radius 2 is 1.85 bits per heavy atom. The van der Waals surface area contributed by atoms with E-state index in [0.717, 1.165) is 19.1 Å². The second-order valence-electron chi connectivity index (χ2n) is 7.17. The molecule has 1 aromatic carbocycles. The molecule has 2 aliphatic rings. The monoisotopic (exact) mass is 273 g/mol. The van der Waals surface area contributed by atoms with Gasteiger partial charge in [-0.2, -0.15) is 0 Å². The van der Waals surface area contributed by atoms with Crippen LogP contribution in [0, 0.1) is 11.3 Å². The fourth-order valence-corrected chi connectivity index (χ4v) is 4.27. The highest BCUT2D eigenvalue weighted by atomic mass is 16.5. The molecular formula is C18H27NO. The lowest BCUT2D eigenvalue weighted by molar-refractivity contribution is 0.134. The van der Waals surface area contributed by atoms with Gasteiger partial charge in [-0.1, -0.05) is 44.9 Å². The van der Waals surface area contributed by atoms with Gasteiger partial charge in [0, 0.05) is 6.04 Å². The molecule has 0 bridgehead atoms. The van der Waals surface area contributed by atoms with E-state index in [9.17, 15) is 0 Å². The highest BCUT2D eigenvalue weighted by molar-refractivity contribution is 5.35. The standard InChI is InChI=1S/C18H27NO/c1-13(2)10-18(7-3-4-8-18)17(19)14-5-6-15-11-20-12-16(15)9-14/h5-6,9,13,17H,3-4,7-8,10-12,19H2,1-2H3. The van der Waals surface area contributed by atoms with Crippen LogP contribution in [0.4, 0.5) is 0 Å². The number of nitrogens with two attached hydrogens (primary N) is 1. The van der Waals surface area contributed by atoms with E-state index in [0.29, 0.717) is 5.41 Å². The van der Waals surface area contributed by atoms with E-state index in [1.54, 1.807) is 0 Å². The van der Waals surface area contributed by atoms with Gasteiger partial charge in [0.25, 0.3) is 0 Å². The summed E-state index contributed by atoms with van der Waals surface area (Å²) in [6, 6.07) is 6.93. The molecule has 1 atom stereocenters. The summed E-state index contributed by atoms with van der Waals surface area (Å²) in [7, 11) is 0.